The fourth-order valence-electron chi connectivity index (χ4n) is 2.42. The van der Waals surface area contributed by atoms with Crippen molar-refractivity contribution in [2.45, 2.75) is 27.2 Å². The minimum atomic E-state index is 0.791. The number of anilines is 1. The third-order valence-corrected chi connectivity index (χ3v) is 4.35. The zero-order valence-electron chi connectivity index (χ0n) is 11.0. The molecule has 4 nitrogen and oxygen atoms in total. The summed E-state index contributed by atoms with van der Waals surface area (Å²) in [6.45, 7) is 12.3. The van der Waals surface area contributed by atoms with Crippen molar-refractivity contribution in [1.82, 2.24) is 14.3 Å². The highest BCUT2D eigenvalue weighted by atomic mass is 32.1. The predicted molar refractivity (Wildman–Crippen MR) is 72.8 cm³/mol. The highest BCUT2D eigenvalue weighted by molar-refractivity contribution is 7.09. The van der Waals surface area contributed by atoms with Gasteiger partial charge in [0.2, 0.25) is 5.13 Å². The highest BCUT2D eigenvalue weighted by Gasteiger charge is 2.25. The Bertz CT molecular complexity index is 348. The third-order valence-electron chi connectivity index (χ3n) is 3.48. The fraction of sp³-hybridized carbons (Fsp3) is 0.833. The van der Waals surface area contributed by atoms with Crippen LogP contribution in [0.1, 0.15) is 26.1 Å². The molecule has 0 amide bonds. The van der Waals surface area contributed by atoms with E-state index in [0.29, 0.717) is 0 Å². The van der Waals surface area contributed by atoms with Gasteiger partial charge in [-0.1, -0.05) is 13.8 Å². The molecule has 0 aliphatic carbocycles. The van der Waals surface area contributed by atoms with Crippen molar-refractivity contribution in [3.05, 3.63) is 5.82 Å². The molecule has 2 rings (SSSR count). The summed E-state index contributed by atoms with van der Waals surface area (Å²) in [5, 5.41) is 1.10. The molecule has 0 radical (unpaired) electrons. The Morgan fingerprint density at radius 3 is 2.76 bits per heavy atom. The van der Waals surface area contributed by atoms with Gasteiger partial charge in [0.1, 0.15) is 5.82 Å². The summed E-state index contributed by atoms with van der Waals surface area (Å²) in [5.41, 5.74) is 0. The molecule has 1 aliphatic rings. The van der Waals surface area contributed by atoms with Gasteiger partial charge in [-0.2, -0.15) is 4.37 Å². The molecule has 0 N–H and O–H groups in total. The number of hydrogen-bond donors (Lipinski definition) is 0. The van der Waals surface area contributed by atoms with Gasteiger partial charge in [0.25, 0.3) is 0 Å². The molecule has 1 aliphatic heterocycles. The van der Waals surface area contributed by atoms with Crippen molar-refractivity contribution >= 4 is 16.7 Å². The molecule has 0 saturated carbocycles. The summed E-state index contributed by atoms with van der Waals surface area (Å²) in [4.78, 5) is 9.37. The molecule has 1 aromatic rings. The highest BCUT2D eigenvalue weighted by Crippen LogP contribution is 2.25. The van der Waals surface area contributed by atoms with Gasteiger partial charge in [-0.25, -0.2) is 4.98 Å². The van der Waals surface area contributed by atoms with Crippen LogP contribution in [-0.4, -0.2) is 47.0 Å². The Kier molecular flexibility index (Phi) is 4.34. The van der Waals surface area contributed by atoms with E-state index in [1.165, 1.54) is 24.5 Å². The van der Waals surface area contributed by atoms with E-state index in [9.17, 15) is 0 Å². The summed E-state index contributed by atoms with van der Waals surface area (Å²) in [6, 6.07) is 0. The standard InChI is InChI=1S/C12H22N4S/c1-4-15(5-2)8-11-6-7-16(9-11)12-13-10(3)14-17-12/h11H,4-9H2,1-3H3. The van der Waals surface area contributed by atoms with Crippen molar-refractivity contribution in [1.29, 1.82) is 0 Å². The monoisotopic (exact) mass is 254 g/mol. The summed E-state index contributed by atoms with van der Waals surface area (Å²) < 4.78 is 4.26. The van der Waals surface area contributed by atoms with Crippen molar-refractivity contribution in [2.24, 2.45) is 5.92 Å². The first-order chi connectivity index (χ1) is 8.22. The lowest BCUT2D eigenvalue weighted by molar-refractivity contribution is 0.261. The second-order valence-corrected chi connectivity index (χ2v) is 5.44. The zero-order valence-corrected chi connectivity index (χ0v) is 11.8. The quantitative estimate of drug-likeness (QED) is 0.804. The van der Waals surface area contributed by atoms with E-state index >= 15 is 0 Å². The molecule has 1 unspecified atom stereocenters. The Morgan fingerprint density at radius 2 is 2.18 bits per heavy atom. The van der Waals surface area contributed by atoms with E-state index in [0.717, 1.165) is 43.1 Å². The maximum absolute atomic E-state index is 4.47. The van der Waals surface area contributed by atoms with Gasteiger partial charge >= 0.3 is 0 Å². The van der Waals surface area contributed by atoms with E-state index in [1.54, 1.807) is 0 Å². The third kappa shape index (κ3) is 3.16. The van der Waals surface area contributed by atoms with Crippen LogP contribution < -0.4 is 4.90 Å². The van der Waals surface area contributed by atoms with Gasteiger partial charge < -0.3 is 9.80 Å². The van der Waals surface area contributed by atoms with Crippen LogP contribution in [0.3, 0.4) is 0 Å². The van der Waals surface area contributed by atoms with Gasteiger partial charge in [0.15, 0.2) is 0 Å². The van der Waals surface area contributed by atoms with Crippen molar-refractivity contribution < 1.29 is 0 Å². The molecule has 0 bridgehead atoms. The molecule has 17 heavy (non-hydrogen) atoms. The van der Waals surface area contributed by atoms with Crippen LogP contribution in [0.25, 0.3) is 0 Å². The van der Waals surface area contributed by atoms with Crippen LogP contribution in [0.15, 0.2) is 0 Å². The SMILES string of the molecule is CCN(CC)CC1CCN(c2nc(C)ns2)C1. The van der Waals surface area contributed by atoms with Gasteiger partial charge in [0.05, 0.1) is 0 Å². The molecule has 1 aromatic heterocycles. The van der Waals surface area contributed by atoms with Gasteiger partial charge in [-0.3, -0.25) is 0 Å². The topological polar surface area (TPSA) is 32.3 Å². The van der Waals surface area contributed by atoms with Crippen LogP contribution >= 0.6 is 11.5 Å². The maximum Gasteiger partial charge on any atom is 0.205 e. The molecule has 2 heterocycles. The number of hydrogen-bond acceptors (Lipinski definition) is 5. The maximum atomic E-state index is 4.47. The number of aryl methyl sites for hydroxylation is 1. The molecule has 1 atom stereocenters. The number of rotatable bonds is 5. The van der Waals surface area contributed by atoms with E-state index in [4.69, 9.17) is 0 Å². The summed E-state index contributed by atoms with van der Waals surface area (Å²) in [6.07, 6.45) is 1.29. The lowest BCUT2D eigenvalue weighted by Gasteiger charge is -2.22. The summed E-state index contributed by atoms with van der Waals surface area (Å²) >= 11 is 1.53. The van der Waals surface area contributed by atoms with Crippen LogP contribution in [-0.2, 0) is 0 Å². The van der Waals surface area contributed by atoms with Crippen LogP contribution in [0.4, 0.5) is 5.13 Å². The molecule has 1 fully saturated rings. The van der Waals surface area contributed by atoms with Crippen LogP contribution in [0.2, 0.25) is 0 Å². The largest absolute Gasteiger partial charge is 0.347 e. The molecule has 0 spiro atoms. The molecule has 0 aromatic carbocycles. The number of aromatic nitrogens is 2. The smallest absolute Gasteiger partial charge is 0.205 e. The summed E-state index contributed by atoms with van der Waals surface area (Å²) in [7, 11) is 0. The van der Waals surface area contributed by atoms with Crippen molar-refractivity contribution in [3.8, 4) is 0 Å². The van der Waals surface area contributed by atoms with Crippen molar-refractivity contribution in [2.75, 3.05) is 37.6 Å². The zero-order chi connectivity index (χ0) is 12.3. The molecular weight excluding hydrogens is 232 g/mol. The normalized spacial score (nSPS) is 20.5. The second kappa shape index (κ2) is 5.78. The average molecular weight is 254 g/mol. The van der Waals surface area contributed by atoms with Gasteiger partial charge in [-0.05, 0) is 32.4 Å². The van der Waals surface area contributed by atoms with Crippen LogP contribution in [0, 0.1) is 12.8 Å². The lowest BCUT2D eigenvalue weighted by atomic mass is 10.1. The van der Waals surface area contributed by atoms with Gasteiger partial charge in [0, 0.05) is 31.2 Å². The van der Waals surface area contributed by atoms with Crippen LogP contribution in [0.5, 0.6) is 0 Å². The summed E-state index contributed by atoms with van der Waals surface area (Å²) in [5.74, 6) is 1.69. The van der Waals surface area contributed by atoms with Gasteiger partial charge in [-0.15, -0.1) is 0 Å². The van der Waals surface area contributed by atoms with E-state index < -0.39 is 0 Å². The minimum Gasteiger partial charge on any atom is -0.347 e. The Hall–Kier alpha value is -0.680. The van der Waals surface area contributed by atoms with E-state index in [1.807, 2.05) is 6.92 Å². The van der Waals surface area contributed by atoms with E-state index in [2.05, 4.69) is 33.0 Å². The Balaban J connectivity index is 1.87. The average Bonchev–Trinajstić information content (AvgIpc) is 2.94. The second-order valence-electron chi connectivity index (χ2n) is 4.71. The molecular formula is C12H22N4S. The first-order valence-electron chi connectivity index (χ1n) is 6.50. The Labute approximate surface area is 108 Å². The predicted octanol–water partition coefficient (Wildman–Crippen LogP) is 2.01. The number of nitrogens with zero attached hydrogens (tertiary/aromatic N) is 4. The minimum absolute atomic E-state index is 0.791. The first kappa shape index (κ1) is 12.8. The fourth-order valence-corrected chi connectivity index (χ4v) is 3.13. The first-order valence-corrected chi connectivity index (χ1v) is 7.27. The van der Waals surface area contributed by atoms with Crippen molar-refractivity contribution in [3.63, 3.8) is 0 Å². The molecule has 1 saturated heterocycles. The lowest BCUT2D eigenvalue weighted by Crippen LogP contribution is -2.31. The molecule has 5 heteroatoms. The van der Waals surface area contributed by atoms with E-state index in [-0.39, 0.29) is 0 Å². The molecule has 96 valence electrons. The Morgan fingerprint density at radius 1 is 1.41 bits per heavy atom.